The van der Waals surface area contributed by atoms with Crippen LogP contribution in [0.2, 0.25) is 0 Å². The monoisotopic (exact) mass is 125 g/mol. The summed E-state index contributed by atoms with van der Waals surface area (Å²) in [4.78, 5) is 0. The van der Waals surface area contributed by atoms with E-state index in [1.165, 1.54) is 0 Å². The fourth-order valence-corrected chi connectivity index (χ4v) is 1.07. The van der Waals surface area contributed by atoms with Crippen molar-refractivity contribution in [3.63, 3.8) is 0 Å². The van der Waals surface area contributed by atoms with Gasteiger partial charge >= 0.3 is 0 Å². The van der Waals surface area contributed by atoms with Gasteiger partial charge in [-0.2, -0.15) is 0 Å². The first-order chi connectivity index (χ1) is 4.43. The molecule has 0 unspecified atom stereocenters. The molecule has 1 aliphatic heterocycles. The smallest absolute Gasteiger partial charge is 0.0500 e. The van der Waals surface area contributed by atoms with Gasteiger partial charge in [-0.15, -0.1) is 6.58 Å². The van der Waals surface area contributed by atoms with Crippen LogP contribution in [-0.4, -0.2) is 13.2 Å². The standard InChI is InChI=1S/C8H13O/c1-2-4-8-5-3-6-9-7-8/h2,5,8H,1,3-4,6-7H2/t8-/m0/s1. The van der Waals surface area contributed by atoms with E-state index in [1.807, 2.05) is 6.08 Å². The van der Waals surface area contributed by atoms with E-state index in [0.29, 0.717) is 5.92 Å². The lowest BCUT2D eigenvalue weighted by molar-refractivity contribution is 0.0826. The topological polar surface area (TPSA) is 9.23 Å². The van der Waals surface area contributed by atoms with Gasteiger partial charge in [0.1, 0.15) is 0 Å². The molecule has 0 saturated carbocycles. The molecule has 1 aliphatic rings. The minimum Gasteiger partial charge on any atom is -0.381 e. The number of hydrogen-bond acceptors (Lipinski definition) is 1. The Morgan fingerprint density at radius 1 is 1.78 bits per heavy atom. The van der Waals surface area contributed by atoms with Crippen molar-refractivity contribution in [3.8, 4) is 0 Å². The molecule has 1 radical (unpaired) electrons. The normalized spacial score (nSPS) is 27.8. The highest BCUT2D eigenvalue weighted by molar-refractivity contribution is 4.84. The third-order valence-electron chi connectivity index (χ3n) is 1.56. The lowest BCUT2D eigenvalue weighted by Crippen LogP contribution is -2.16. The zero-order valence-electron chi connectivity index (χ0n) is 5.68. The number of ether oxygens (including phenoxy) is 1. The molecule has 0 bridgehead atoms. The van der Waals surface area contributed by atoms with Crippen LogP contribution in [0, 0.1) is 12.3 Å². The minimum absolute atomic E-state index is 0.635. The van der Waals surface area contributed by atoms with Crippen LogP contribution in [0.25, 0.3) is 0 Å². The van der Waals surface area contributed by atoms with Gasteiger partial charge in [0.15, 0.2) is 0 Å². The van der Waals surface area contributed by atoms with Gasteiger partial charge in [0.2, 0.25) is 0 Å². The van der Waals surface area contributed by atoms with Crippen LogP contribution < -0.4 is 0 Å². The molecule has 9 heavy (non-hydrogen) atoms. The Balaban J connectivity index is 2.15. The second-order valence-electron chi connectivity index (χ2n) is 2.38. The van der Waals surface area contributed by atoms with Gasteiger partial charge in [0.25, 0.3) is 0 Å². The molecular formula is C8H13O. The highest BCUT2D eigenvalue weighted by Crippen LogP contribution is 2.15. The van der Waals surface area contributed by atoms with Crippen molar-refractivity contribution in [1.82, 2.24) is 0 Å². The molecule has 1 saturated heterocycles. The van der Waals surface area contributed by atoms with Gasteiger partial charge in [-0.1, -0.05) is 6.08 Å². The Morgan fingerprint density at radius 3 is 3.22 bits per heavy atom. The maximum absolute atomic E-state index is 5.26. The Morgan fingerprint density at radius 2 is 2.67 bits per heavy atom. The van der Waals surface area contributed by atoms with E-state index < -0.39 is 0 Å². The SMILES string of the molecule is C=CC[C@H]1[CH]CCOC1. The Labute approximate surface area is 56.7 Å². The van der Waals surface area contributed by atoms with Crippen LogP contribution >= 0.6 is 0 Å². The molecule has 1 atom stereocenters. The lowest BCUT2D eigenvalue weighted by atomic mass is 9.99. The van der Waals surface area contributed by atoms with Crippen LogP contribution in [0.5, 0.6) is 0 Å². The highest BCUT2D eigenvalue weighted by Gasteiger charge is 2.11. The summed E-state index contributed by atoms with van der Waals surface area (Å²) >= 11 is 0. The van der Waals surface area contributed by atoms with Crippen LogP contribution in [0.15, 0.2) is 12.7 Å². The van der Waals surface area contributed by atoms with Crippen molar-refractivity contribution in [1.29, 1.82) is 0 Å². The predicted octanol–water partition coefficient (Wildman–Crippen LogP) is 1.80. The molecule has 1 heterocycles. The summed E-state index contributed by atoms with van der Waals surface area (Å²) in [5.41, 5.74) is 0. The van der Waals surface area contributed by atoms with E-state index in [-0.39, 0.29) is 0 Å². The van der Waals surface area contributed by atoms with Crippen molar-refractivity contribution in [2.24, 2.45) is 5.92 Å². The molecule has 0 aromatic heterocycles. The molecule has 1 nitrogen and oxygen atoms in total. The quantitative estimate of drug-likeness (QED) is 0.511. The van der Waals surface area contributed by atoms with E-state index in [0.717, 1.165) is 26.1 Å². The molecule has 1 fully saturated rings. The van der Waals surface area contributed by atoms with Crippen molar-refractivity contribution in [3.05, 3.63) is 19.1 Å². The van der Waals surface area contributed by atoms with Gasteiger partial charge in [-0.25, -0.2) is 0 Å². The fraction of sp³-hybridized carbons (Fsp3) is 0.625. The molecule has 0 aromatic carbocycles. The Bertz CT molecular complexity index is 82.6. The van der Waals surface area contributed by atoms with Crippen molar-refractivity contribution >= 4 is 0 Å². The summed E-state index contributed by atoms with van der Waals surface area (Å²) in [7, 11) is 0. The minimum atomic E-state index is 0.635. The molecule has 0 amide bonds. The van der Waals surface area contributed by atoms with Gasteiger partial charge < -0.3 is 4.74 Å². The van der Waals surface area contributed by atoms with Crippen molar-refractivity contribution < 1.29 is 4.74 Å². The number of rotatable bonds is 2. The third kappa shape index (κ3) is 2.19. The molecule has 0 N–H and O–H groups in total. The van der Waals surface area contributed by atoms with Crippen LogP contribution in [0.4, 0.5) is 0 Å². The summed E-state index contributed by atoms with van der Waals surface area (Å²) in [6, 6.07) is 0. The maximum Gasteiger partial charge on any atom is 0.0500 e. The first kappa shape index (κ1) is 6.81. The molecule has 0 spiro atoms. The van der Waals surface area contributed by atoms with Crippen LogP contribution in [0.3, 0.4) is 0 Å². The average molecular weight is 125 g/mol. The molecule has 1 rings (SSSR count). The zero-order chi connectivity index (χ0) is 6.53. The second kappa shape index (κ2) is 3.67. The lowest BCUT2D eigenvalue weighted by Gasteiger charge is -2.19. The summed E-state index contributed by atoms with van der Waals surface area (Å²) in [5, 5.41) is 0. The Hall–Kier alpha value is -0.300. The number of hydrogen-bond donors (Lipinski definition) is 0. The molecule has 0 aromatic rings. The maximum atomic E-state index is 5.26. The fourth-order valence-electron chi connectivity index (χ4n) is 1.07. The van der Waals surface area contributed by atoms with E-state index in [2.05, 4.69) is 13.0 Å². The van der Waals surface area contributed by atoms with Crippen LogP contribution in [-0.2, 0) is 4.74 Å². The molecule has 1 heteroatoms. The van der Waals surface area contributed by atoms with Crippen molar-refractivity contribution in [2.75, 3.05) is 13.2 Å². The van der Waals surface area contributed by atoms with E-state index in [1.54, 1.807) is 0 Å². The molecule has 0 aliphatic carbocycles. The van der Waals surface area contributed by atoms with Gasteiger partial charge in [0, 0.05) is 13.2 Å². The summed E-state index contributed by atoms with van der Waals surface area (Å²) in [6.07, 6.45) is 6.46. The van der Waals surface area contributed by atoms with E-state index in [9.17, 15) is 0 Å². The highest BCUT2D eigenvalue weighted by atomic mass is 16.5. The van der Waals surface area contributed by atoms with Crippen molar-refractivity contribution in [2.45, 2.75) is 12.8 Å². The predicted molar refractivity (Wildman–Crippen MR) is 38.0 cm³/mol. The number of allylic oxidation sites excluding steroid dienone is 1. The first-order valence-electron chi connectivity index (χ1n) is 3.45. The summed E-state index contributed by atoms with van der Waals surface area (Å²) in [5.74, 6) is 0.635. The summed E-state index contributed by atoms with van der Waals surface area (Å²) < 4.78 is 5.26. The van der Waals surface area contributed by atoms with E-state index in [4.69, 9.17) is 4.74 Å². The van der Waals surface area contributed by atoms with Gasteiger partial charge in [-0.3, -0.25) is 0 Å². The second-order valence-corrected chi connectivity index (χ2v) is 2.38. The Kier molecular flexibility index (Phi) is 2.78. The average Bonchev–Trinajstić information content (AvgIpc) is 1.91. The van der Waals surface area contributed by atoms with Gasteiger partial charge in [-0.05, 0) is 25.2 Å². The zero-order valence-corrected chi connectivity index (χ0v) is 5.68. The first-order valence-corrected chi connectivity index (χ1v) is 3.45. The third-order valence-corrected chi connectivity index (χ3v) is 1.56. The largest absolute Gasteiger partial charge is 0.381 e. The summed E-state index contributed by atoms with van der Waals surface area (Å²) in [6.45, 7) is 5.48. The van der Waals surface area contributed by atoms with E-state index >= 15 is 0 Å². The van der Waals surface area contributed by atoms with Gasteiger partial charge in [0.05, 0.1) is 0 Å². The molecule has 51 valence electrons. The van der Waals surface area contributed by atoms with Crippen LogP contribution in [0.1, 0.15) is 12.8 Å². The molecular weight excluding hydrogens is 112 g/mol.